The van der Waals surface area contributed by atoms with Crippen molar-refractivity contribution in [2.75, 3.05) is 7.11 Å². The zero-order valence-electron chi connectivity index (χ0n) is 9.91. The standard InChI is InChI=1S/C13H16O2Si/c1-5-11(13(14)15-4)16-12-8-6-7-9(2)10(12)3/h5-8,11H,1H2,2-4H3. The average Bonchev–Trinajstić information content (AvgIpc) is 2.30. The van der Waals surface area contributed by atoms with Gasteiger partial charge < -0.3 is 4.74 Å². The summed E-state index contributed by atoms with van der Waals surface area (Å²) in [6.07, 6.45) is 1.66. The van der Waals surface area contributed by atoms with Crippen LogP contribution in [0.2, 0.25) is 5.54 Å². The Bertz CT molecular complexity index is 399. The smallest absolute Gasteiger partial charge is 0.309 e. The van der Waals surface area contributed by atoms with Crippen molar-refractivity contribution < 1.29 is 9.53 Å². The molecule has 0 aliphatic heterocycles. The van der Waals surface area contributed by atoms with Gasteiger partial charge in [0, 0.05) is 0 Å². The number of aryl methyl sites for hydroxylation is 1. The van der Waals surface area contributed by atoms with E-state index in [1.807, 2.05) is 6.07 Å². The van der Waals surface area contributed by atoms with E-state index >= 15 is 0 Å². The van der Waals surface area contributed by atoms with Crippen LogP contribution in [-0.4, -0.2) is 22.6 Å². The first-order valence-electron chi connectivity index (χ1n) is 5.13. The van der Waals surface area contributed by atoms with E-state index in [0.717, 1.165) is 0 Å². The number of hydrogen-bond donors (Lipinski definition) is 0. The number of ether oxygens (including phenoxy) is 1. The van der Waals surface area contributed by atoms with Crippen LogP contribution in [0.5, 0.6) is 0 Å². The third-order valence-corrected chi connectivity index (χ3v) is 4.24. The second-order valence-corrected chi connectivity index (χ2v) is 5.08. The van der Waals surface area contributed by atoms with E-state index in [1.54, 1.807) is 6.08 Å². The highest BCUT2D eigenvalue weighted by Crippen LogP contribution is 2.09. The Labute approximate surface area is 99.1 Å². The van der Waals surface area contributed by atoms with Crippen LogP contribution in [0.25, 0.3) is 0 Å². The summed E-state index contributed by atoms with van der Waals surface area (Å²) in [6.45, 7) is 7.84. The summed E-state index contributed by atoms with van der Waals surface area (Å²) >= 11 is 0. The zero-order chi connectivity index (χ0) is 12.1. The van der Waals surface area contributed by atoms with E-state index in [1.165, 1.54) is 23.4 Å². The van der Waals surface area contributed by atoms with Crippen LogP contribution in [0.1, 0.15) is 11.1 Å². The largest absolute Gasteiger partial charge is 0.469 e. The predicted molar refractivity (Wildman–Crippen MR) is 67.3 cm³/mol. The van der Waals surface area contributed by atoms with Crippen molar-refractivity contribution in [2.45, 2.75) is 19.4 Å². The normalized spacial score (nSPS) is 11.9. The summed E-state index contributed by atoms with van der Waals surface area (Å²) in [6, 6.07) is 6.15. The van der Waals surface area contributed by atoms with Gasteiger partial charge in [0.05, 0.1) is 12.7 Å². The molecular weight excluding hydrogens is 216 g/mol. The summed E-state index contributed by atoms with van der Waals surface area (Å²) in [5.74, 6) is -0.214. The molecule has 1 rings (SSSR count). The fourth-order valence-corrected chi connectivity index (χ4v) is 2.71. The predicted octanol–water partition coefficient (Wildman–Crippen LogP) is 1.78. The van der Waals surface area contributed by atoms with Gasteiger partial charge in [-0.25, -0.2) is 0 Å². The maximum Gasteiger partial charge on any atom is 0.309 e. The second kappa shape index (κ2) is 5.65. The Kier molecular flexibility index (Phi) is 4.49. The molecule has 1 aromatic carbocycles. The third-order valence-electron chi connectivity index (χ3n) is 2.61. The fraction of sp³-hybridized carbons (Fsp3) is 0.308. The van der Waals surface area contributed by atoms with Gasteiger partial charge in [0.1, 0.15) is 9.52 Å². The van der Waals surface area contributed by atoms with E-state index in [-0.39, 0.29) is 11.5 Å². The Morgan fingerprint density at radius 2 is 2.19 bits per heavy atom. The first kappa shape index (κ1) is 12.7. The average molecular weight is 232 g/mol. The number of rotatable bonds is 4. The molecule has 0 N–H and O–H groups in total. The van der Waals surface area contributed by atoms with Crippen LogP contribution in [0.15, 0.2) is 30.9 Å². The molecule has 2 nitrogen and oxygen atoms in total. The Hall–Kier alpha value is -1.35. The molecule has 0 saturated carbocycles. The van der Waals surface area contributed by atoms with Crippen LogP contribution in [0, 0.1) is 13.8 Å². The number of esters is 1. The van der Waals surface area contributed by atoms with Crippen molar-refractivity contribution in [3.05, 3.63) is 42.0 Å². The quantitative estimate of drug-likeness (QED) is 0.449. The van der Waals surface area contributed by atoms with Crippen LogP contribution in [-0.2, 0) is 9.53 Å². The molecule has 1 atom stereocenters. The fourth-order valence-electron chi connectivity index (χ4n) is 1.42. The van der Waals surface area contributed by atoms with Crippen LogP contribution in [0.4, 0.5) is 0 Å². The highest BCUT2D eigenvalue weighted by Gasteiger charge is 2.18. The van der Waals surface area contributed by atoms with Crippen molar-refractivity contribution in [1.82, 2.24) is 0 Å². The number of carbonyl (C=O) groups excluding carboxylic acids is 1. The Morgan fingerprint density at radius 1 is 1.50 bits per heavy atom. The minimum atomic E-state index is -0.231. The van der Waals surface area contributed by atoms with Gasteiger partial charge >= 0.3 is 5.97 Å². The molecular formula is C13H16O2Si. The van der Waals surface area contributed by atoms with Crippen molar-refractivity contribution in [3.63, 3.8) is 0 Å². The number of carbonyl (C=O) groups is 1. The van der Waals surface area contributed by atoms with E-state index in [9.17, 15) is 4.79 Å². The lowest BCUT2D eigenvalue weighted by Gasteiger charge is -2.12. The van der Waals surface area contributed by atoms with Gasteiger partial charge in [0.2, 0.25) is 0 Å². The molecule has 1 unspecified atom stereocenters. The summed E-state index contributed by atoms with van der Waals surface area (Å²) in [4.78, 5) is 11.5. The lowest BCUT2D eigenvalue weighted by molar-refractivity contribution is -0.139. The third kappa shape index (κ3) is 2.82. The van der Waals surface area contributed by atoms with E-state index in [2.05, 4.69) is 32.6 Å². The Balaban J connectivity index is 2.90. The molecule has 0 spiro atoms. The molecule has 0 bridgehead atoms. The van der Waals surface area contributed by atoms with Gasteiger partial charge in [-0.3, -0.25) is 4.79 Å². The molecule has 2 radical (unpaired) electrons. The Morgan fingerprint density at radius 3 is 2.75 bits per heavy atom. The van der Waals surface area contributed by atoms with Crippen molar-refractivity contribution >= 4 is 20.7 Å². The molecule has 0 aromatic heterocycles. The van der Waals surface area contributed by atoms with Gasteiger partial charge in [-0.15, -0.1) is 6.58 Å². The maximum absolute atomic E-state index is 11.5. The van der Waals surface area contributed by atoms with Gasteiger partial charge in [0.15, 0.2) is 0 Å². The lowest BCUT2D eigenvalue weighted by Crippen LogP contribution is -2.27. The van der Waals surface area contributed by atoms with Gasteiger partial charge in [-0.05, 0) is 25.0 Å². The minimum Gasteiger partial charge on any atom is -0.469 e. The first-order valence-corrected chi connectivity index (χ1v) is 6.21. The molecule has 84 valence electrons. The molecule has 0 saturated heterocycles. The molecule has 0 aliphatic rings. The zero-order valence-corrected chi connectivity index (χ0v) is 10.9. The van der Waals surface area contributed by atoms with Gasteiger partial charge in [0.25, 0.3) is 0 Å². The molecule has 1 aromatic rings. The van der Waals surface area contributed by atoms with Crippen molar-refractivity contribution in [2.24, 2.45) is 0 Å². The number of methoxy groups -OCH3 is 1. The summed E-state index contributed by atoms with van der Waals surface area (Å²) in [7, 11) is 1.79. The van der Waals surface area contributed by atoms with E-state index in [0.29, 0.717) is 9.52 Å². The molecule has 16 heavy (non-hydrogen) atoms. The number of benzene rings is 1. The van der Waals surface area contributed by atoms with E-state index in [4.69, 9.17) is 4.74 Å². The van der Waals surface area contributed by atoms with Crippen molar-refractivity contribution in [1.29, 1.82) is 0 Å². The SMILES string of the molecule is C=CC([Si]c1cccc(C)c1C)C(=O)OC. The van der Waals surface area contributed by atoms with Crippen LogP contribution < -0.4 is 5.19 Å². The molecule has 0 heterocycles. The molecule has 0 amide bonds. The minimum absolute atomic E-state index is 0.214. The summed E-state index contributed by atoms with van der Waals surface area (Å²) < 4.78 is 4.74. The van der Waals surface area contributed by atoms with Gasteiger partial charge in [-0.1, -0.05) is 29.5 Å². The summed E-state index contributed by atoms with van der Waals surface area (Å²) in [5.41, 5.74) is 2.26. The maximum atomic E-state index is 11.5. The van der Waals surface area contributed by atoms with Crippen molar-refractivity contribution in [3.8, 4) is 0 Å². The monoisotopic (exact) mass is 232 g/mol. The molecule has 0 aliphatic carbocycles. The van der Waals surface area contributed by atoms with E-state index < -0.39 is 0 Å². The second-order valence-electron chi connectivity index (χ2n) is 3.63. The lowest BCUT2D eigenvalue weighted by atomic mass is 10.1. The summed E-state index contributed by atoms with van der Waals surface area (Å²) in [5, 5.41) is 1.20. The number of hydrogen-bond acceptors (Lipinski definition) is 2. The van der Waals surface area contributed by atoms with Crippen LogP contribution >= 0.6 is 0 Å². The molecule has 0 fully saturated rings. The van der Waals surface area contributed by atoms with Gasteiger partial charge in [-0.2, -0.15) is 0 Å². The highest BCUT2D eigenvalue weighted by atomic mass is 28.2. The van der Waals surface area contributed by atoms with Crippen LogP contribution in [0.3, 0.4) is 0 Å². The first-order chi connectivity index (χ1) is 7.60. The topological polar surface area (TPSA) is 26.3 Å². The molecule has 3 heteroatoms. The highest BCUT2D eigenvalue weighted by molar-refractivity contribution is 6.60.